The number of benzene rings is 1. The molecule has 0 spiro atoms. The van der Waals surface area contributed by atoms with Gasteiger partial charge in [-0.3, -0.25) is 4.79 Å². The van der Waals surface area contributed by atoms with Gasteiger partial charge in [-0.25, -0.2) is 9.48 Å². The Morgan fingerprint density at radius 2 is 1.88 bits per heavy atom. The van der Waals surface area contributed by atoms with Crippen LogP contribution in [0.5, 0.6) is 0 Å². The van der Waals surface area contributed by atoms with E-state index in [1.807, 2.05) is 43.0 Å². The highest BCUT2D eigenvalue weighted by Gasteiger charge is 2.34. The number of amides is 1. The number of rotatable bonds is 12. The maximum Gasteiger partial charge on any atom is 0.373 e. The molecule has 13 nitrogen and oxygen atoms in total. The molecule has 42 heavy (non-hydrogen) atoms. The number of aliphatic hydroxyl groups is 1. The van der Waals surface area contributed by atoms with Gasteiger partial charge in [0.2, 0.25) is 0 Å². The normalized spacial score (nSPS) is 16.6. The fraction of sp³-hybridized carbons (Fsp3) is 0.552. The number of aliphatic carboxylic acids is 1. The van der Waals surface area contributed by atoms with Crippen molar-refractivity contribution in [2.45, 2.75) is 52.9 Å². The number of nitrogens with zero attached hydrogens (tertiary/aromatic N) is 4. The lowest BCUT2D eigenvalue weighted by Crippen LogP contribution is -2.54. The number of methoxy groups -OCH3 is 1. The van der Waals surface area contributed by atoms with Gasteiger partial charge >= 0.3 is 12.1 Å². The Hall–Kier alpha value is -3.74. The van der Waals surface area contributed by atoms with Crippen molar-refractivity contribution < 1.29 is 38.9 Å². The molecule has 1 aromatic carbocycles. The number of ether oxygens (including phenoxy) is 2. The molecule has 0 bridgehead atoms. The molecular weight excluding hydrogens is 546 g/mol. The summed E-state index contributed by atoms with van der Waals surface area (Å²) in [6.45, 7) is 14.1. The van der Waals surface area contributed by atoms with Gasteiger partial charge < -0.3 is 29.9 Å². The number of aromatic nitrogens is 3. The third-order valence-corrected chi connectivity index (χ3v) is 6.46. The van der Waals surface area contributed by atoms with E-state index in [9.17, 15) is 14.7 Å². The van der Waals surface area contributed by atoms with Gasteiger partial charge in [0.1, 0.15) is 5.69 Å². The molecule has 0 radical (unpaired) electrons. The fourth-order valence-corrected chi connectivity index (χ4v) is 4.39. The second kappa shape index (κ2) is 19.4. The van der Waals surface area contributed by atoms with Crippen LogP contribution in [-0.2, 0) is 30.5 Å². The maximum atomic E-state index is 13.9. The van der Waals surface area contributed by atoms with Gasteiger partial charge in [-0.05, 0) is 43.7 Å². The number of piperidine rings is 1. The van der Waals surface area contributed by atoms with Gasteiger partial charge in [0.15, 0.2) is 5.69 Å². The number of carbonyl (C=O) groups is 2. The van der Waals surface area contributed by atoms with Crippen LogP contribution in [0.3, 0.4) is 0 Å². The number of aliphatic hydroxyl groups excluding tert-OH is 1. The summed E-state index contributed by atoms with van der Waals surface area (Å²) in [5.74, 6) is -0.758. The van der Waals surface area contributed by atoms with Crippen molar-refractivity contribution in [1.29, 1.82) is 0 Å². The summed E-state index contributed by atoms with van der Waals surface area (Å²) in [4.78, 5) is 41.3. The molecule has 1 aromatic heterocycles. The van der Waals surface area contributed by atoms with Crippen molar-refractivity contribution in [2.75, 3.05) is 40.0 Å². The zero-order valence-electron chi connectivity index (χ0n) is 25.0. The minimum absolute atomic E-state index is 0.0332. The van der Waals surface area contributed by atoms with Crippen LogP contribution in [0.1, 0.15) is 48.9 Å². The predicted octanol–water partition coefficient (Wildman–Crippen LogP) is 1.87. The molecule has 3 rings (SSSR count). The number of carboxylic acid groups (broad SMARTS) is 1. The molecule has 2 aromatic rings. The highest BCUT2D eigenvalue weighted by molar-refractivity contribution is 5.93. The van der Waals surface area contributed by atoms with Crippen LogP contribution in [0.2, 0.25) is 0 Å². The van der Waals surface area contributed by atoms with Gasteiger partial charge in [-0.15, -0.1) is 5.10 Å². The predicted molar refractivity (Wildman–Crippen MR) is 153 cm³/mol. The standard InChI is InChI=1S/C25H39N5O4.C3H4O2.CO2/c1-17(2)15-29(21-12-20(19(4)31)13-26-14-21)25(32)24-23(16-34-11-10-33-5)30(28-27-24)22-9-7-6-8-18(22)3;1-2-3(4)5;2-1-3/h6-9,17,19-21,26,31H,10-16H2,1-5H3;2H,1H2,(H,4,5);/t19?,20-,21+;;/m1../s1. The monoisotopic (exact) mass is 589 g/mol. The van der Waals surface area contributed by atoms with E-state index >= 15 is 0 Å². The molecule has 1 saturated heterocycles. The minimum Gasteiger partial charge on any atom is -0.478 e. The Balaban J connectivity index is 0.000000978. The third-order valence-electron chi connectivity index (χ3n) is 6.46. The molecule has 1 unspecified atom stereocenters. The van der Waals surface area contributed by atoms with E-state index in [1.165, 1.54) is 0 Å². The topological polar surface area (TPSA) is 173 Å². The zero-order valence-corrected chi connectivity index (χ0v) is 25.0. The lowest BCUT2D eigenvalue weighted by Gasteiger charge is -2.39. The van der Waals surface area contributed by atoms with Crippen molar-refractivity contribution in [1.82, 2.24) is 25.2 Å². The van der Waals surface area contributed by atoms with Gasteiger partial charge in [-0.1, -0.05) is 43.8 Å². The van der Waals surface area contributed by atoms with E-state index in [0.29, 0.717) is 37.7 Å². The average molecular weight is 590 g/mol. The summed E-state index contributed by atoms with van der Waals surface area (Å²) < 4.78 is 12.6. The van der Waals surface area contributed by atoms with Gasteiger partial charge in [0, 0.05) is 38.9 Å². The van der Waals surface area contributed by atoms with Crippen LogP contribution in [0, 0.1) is 18.8 Å². The number of aryl methyl sites for hydroxylation is 1. The summed E-state index contributed by atoms with van der Waals surface area (Å²) >= 11 is 0. The fourth-order valence-electron chi connectivity index (χ4n) is 4.39. The number of para-hydroxylation sites is 1. The molecule has 1 fully saturated rings. The van der Waals surface area contributed by atoms with E-state index < -0.39 is 12.1 Å². The Morgan fingerprint density at radius 3 is 2.43 bits per heavy atom. The van der Waals surface area contributed by atoms with Crippen molar-refractivity contribution in [2.24, 2.45) is 11.8 Å². The van der Waals surface area contributed by atoms with Crippen LogP contribution < -0.4 is 5.32 Å². The third kappa shape index (κ3) is 11.6. The Bertz CT molecular complexity index is 1160. The number of hydrogen-bond acceptors (Lipinski definition) is 10. The van der Waals surface area contributed by atoms with Crippen LogP contribution in [0.25, 0.3) is 5.69 Å². The molecule has 232 valence electrons. The number of carboxylic acids is 1. The first-order valence-electron chi connectivity index (χ1n) is 13.6. The number of carbonyl (C=O) groups excluding carboxylic acids is 3. The molecule has 3 N–H and O–H groups in total. The molecule has 1 amide bonds. The van der Waals surface area contributed by atoms with Gasteiger partial charge in [0.05, 0.1) is 31.6 Å². The molecule has 2 heterocycles. The lowest BCUT2D eigenvalue weighted by atomic mass is 9.90. The highest BCUT2D eigenvalue weighted by atomic mass is 16.5. The van der Waals surface area contributed by atoms with Crippen LogP contribution >= 0.6 is 0 Å². The van der Waals surface area contributed by atoms with E-state index in [2.05, 4.69) is 36.1 Å². The quantitative estimate of drug-likeness (QED) is 0.244. The van der Waals surface area contributed by atoms with Crippen LogP contribution in [0.4, 0.5) is 0 Å². The Labute approximate surface area is 246 Å². The molecule has 1 aliphatic heterocycles. The first-order valence-corrected chi connectivity index (χ1v) is 13.6. The molecule has 13 heteroatoms. The minimum atomic E-state index is -0.981. The van der Waals surface area contributed by atoms with Gasteiger partial charge in [0.25, 0.3) is 5.91 Å². The SMILES string of the molecule is C=CC(=O)O.COCCOCc1c(C(=O)N(CC(C)C)[C@@H]2CNC[C@H](C(C)O)C2)nnn1-c1ccccc1C.O=C=O. The number of hydrogen-bond donors (Lipinski definition) is 3. The maximum absolute atomic E-state index is 13.9. The summed E-state index contributed by atoms with van der Waals surface area (Å²) in [6.07, 6.45) is 1.40. The second-order valence-electron chi connectivity index (χ2n) is 10.2. The van der Waals surface area contributed by atoms with E-state index in [4.69, 9.17) is 24.2 Å². The smallest absolute Gasteiger partial charge is 0.373 e. The van der Waals surface area contributed by atoms with Crippen LogP contribution in [-0.4, -0.2) is 100 Å². The molecular formula is C29H43N5O8. The average Bonchev–Trinajstić information content (AvgIpc) is 3.38. The molecule has 3 atom stereocenters. The second-order valence-corrected chi connectivity index (χ2v) is 10.2. The molecule has 0 saturated carbocycles. The van der Waals surface area contributed by atoms with Gasteiger partial charge in [-0.2, -0.15) is 9.59 Å². The van der Waals surface area contributed by atoms with E-state index in [1.54, 1.807) is 11.8 Å². The van der Waals surface area contributed by atoms with Crippen molar-refractivity contribution >= 4 is 18.0 Å². The number of nitrogens with one attached hydrogen (secondary N) is 1. The molecule has 0 aliphatic carbocycles. The summed E-state index contributed by atoms with van der Waals surface area (Å²) in [5.41, 5.74) is 2.82. The summed E-state index contributed by atoms with van der Waals surface area (Å²) in [6, 6.07) is 7.84. The van der Waals surface area contributed by atoms with Crippen LogP contribution in [0.15, 0.2) is 36.9 Å². The zero-order chi connectivity index (χ0) is 31.7. The van der Waals surface area contributed by atoms with E-state index in [0.717, 1.165) is 30.3 Å². The Morgan fingerprint density at radius 1 is 1.24 bits per heavy atom. The summed E-state index contributed by atoms with van der Waals surface area (Å²) in [7, 11) is 1.62. The Kier molecular flexibility index (Phi) is 16.8. The first-order chi connectivity index (χ1) is 20.0. The van der Waals surface area contributed by atoms with E-state index in [-0.39, 0.29) is 36.5 Å². The lowest BCUT2D eigenvalue weighted by molar-refractivity contribution is -0.191. The first kappa shape index (κ1) is 36.3. The summed E-state index contributed by atoms with van der Waals surface area (Å²) in [5, 5.41) is 29.9. The van der Waals surface area contributed by atoms with Crippen molar-refractivity contribution in [3.63, 3.8) is 0 Å². The van der Waals surface area contributed by atoms with Crippen molar-refractivity contribution in [3.8, 4) is 5.69 Å². The highest BCUT2D eigenvalue weighted by Crippen LogP contribution is 2.24. The largest absolute Gasteiger partial charge is 0.478 e. The van der Waals surface area contributed by atoms with Crippen molar-refractivity contribution in [3.05, 3.63) is 53.9 Å². The molecule has 1 aliphatic rings.